The smallest absolute Gasteiger partial charge is 0.264 e. The zero-order valence-electron chi connectivity index (χ0n) is 15.9. The van der Waals surface area contributed by atoms with Crippen molar-refractivity contribution in [3.05, 3.63) is 59.7 Å². The van der Waals surface area contributed by atoms with Gasteiger partial charge in [-0.2, -0.15) is 0 Å². The topological polar surface area (TPSA) is 105 Å². The van der Waals surface area contributed by atoms with Gasteiger partial charge in [-0.05, 0) is 36.2 Å². The van der Waals surface area contributed by atoms with Crippen LogP contribution in [0.5, 0.6) is 0 Å². The summed E-state index contributed by atoms with van der Waals surface area (Å²) in [5.74, 6) is -0.937. The number of hydrogen-bond donors (Lipinski definition) is 2. The van der Waals surface area contributed by atoms with Gasteiger partial charge in [-0.3, -0.25) is 14.4 Å². The van der Waals surface area contributed by atoms with Gasteiger partial charge in [0, 0.05) is 18.3 Å². The van der Waals surface area contributed by atoms with Crippen molar-refractivity contribution >= 4 is 27.5 Å². The molecular formula is C19H23N3O5S. The first kappa shape index (κ1) is 21.5. The molecule has 0 heterocycles. The van der Waals surface area contributed by atoms with Crippen LogP contribution in [0.1, 0.15) is 22.8 Å². The average Bonchev–Trinajstić information content (AvgIpc) is 2.71. The lowest BCUT2D eigenvalue weighted by atomic mass is 10.1. The van der Waals surface area contributed by atoms with E-state index in [0.717, 1.165) is 12.0 Å². The van der Waals surface area contributed by atoms with Crippen LogP contribution in [0.4, 0.5) is 5.69 Å². The average molecular weight is 405 g/mol. The molecule has 0 aliphatic rings. The molecule has 0 bridgehead atoms. The van der Waals surface area contributed by atoms with Crippen LogP contribution in [-0.4, -0.2) is 45.4 Å². The molecule has 8 nitrogen and oxygen atoms in total. The largest absolute Gasteiger partial charge is 0.343 e. The quantitative estimate of drug-likeness (QED) is 0.652. The number of nitrogens with zero attached hydrogens (tertiary/aromatic N) is 1. The van der Waals surface area contributed by atoms with E-state index in [1.807, 2.05) is 25.1 Å². The highest BCUT2D eigenvalue weighted by atomic mass is 32.2. The fraction of sp³-hybridized carbons (Fsp3) is 0.263. The van der Waals surface area contributed by atoms with Crippen LogP contribution in [0.25, 0.3) is 0 Å². The number of hydrogen-bond acceptors (Lipinski definition) is 5. The van der Waals surface area contributed by atoms with E-state index >= 15 is 0 Å². The second kappa shape index (κ2) is 9.45. The highest BCUT2D eigenvalue weighted by molar-refractivity contribution is 7.89. The molecule has 2 N–H and O–H groups in total. The Balaban J connectivity index is 2.03. The Morgan fingerprint density at radius 2 is 1.82 bits per heavy atom. The van der Waals surface area contributed by atoms with Crippen LogP contribution in [0, 0.1) is 0 Å². The molecule has 0 aliphatic heterocycles. The monoisotopic (exact) mass is 405 g/mol. The van der Waals surface area contributed by atoms with Crippen LogP contribution in [0.3, 0.4) is 0 Å². The number of sulfonamides is 1. The zero-order chi connectivity index (χ0) is 20.7. The van der Waals surface area contributed by atoms with E-state index in [1.165, 1.54) is 38.4 Å². The molecule has 0 unspecified atom stereocenters. The molecule has 0 aliphatic carbocycles. The number of amides is 2. The van der Waals surface area contributed by atoms with Crippen molar-refractivity contribution in [2.24, 2.45) is 0 Å². The normalized spacial score (nSPS) is 11.3. The summed E-state index contributed by atoms with van der Waals surface area (Å²) in [6.07, 6.45) is 0.764. The first-order valence-electron chi connectivity index (χ1n) is 8.58. The van der Waals surface area contributed by atoms with Gasteiger partial charge >= 0.3 is 0 Å². The maximum atomic E-state index is 12.3. The molecule has 0 saturated carbocycles. The van der Waals surface area contributed by atoms with E-state index in [2.05, 4.69) is 10.6 Å². The summed E-state index contributed by atoms with van der Waals surface area (Å²) in [6.45, 7) is 1.74. The van der Waals surface area contributed by atoms with Gasteiger partial charge in [0.1, 0.15) is 0 Å². The highest BCUT2D eigenvalue weighted by Crippen LogP contribution is 2.16. The maximum absolute atomic E-state index is 12.3. The fourth-order valence-electron chi connectivity index (χ4n) is 2.45. The van der Waals surface area contributed by atoms with Crippen LogP contribution in [-0.2, 0) is 26.1 Å². The lowest BCUT2D eigenvalue weighted by Crippen LogP contribution is -2.33. The van der Waals surface area contributed by atoms with E-state index in [1.54, 1.807) is 6.07 Å². The molecule has 28 heavy (non-hydrogen) atoms. The molecule has 0 saturated heterocycles. The third-order valence-corrected chi connectivity index (χ3v) is 5.75. The molecule has 2 amide bonds. The number of rotatable bonds is 8. The highest BCUT2D eigenvalue weighted by Gasteiger charge is 2.22. The number of nitrogens with one attached hydrogen (secondary N) is 2. The fourth-order valence-corrected chi connectivity index (χ4v) is 3.47. The summed E-state index contributed by atoms with van der Waals surface area (Å²) >= 11 is 0. The Bertz CT molecular complexity index is 960. The lowest BCUT2D eigenvalue weighted by molar-refractivity contribution is -0.115. The summed E-state index contributed by atoms with van der Waals surface area (Å²) in [6, 6.07) is 12.9. The molecule has 150 valence electrons. The van der Waals surface area contributed by atoms with Gasteiger partial charge in [0.2, 0.25) is 5.91 Å². The molecule has 0 atom stereocenters. The molecule has 2 rings (SSSR count). The summed E-state index contributed by atoms with van der Waals surface area (Å²) in [7, 11) is -1.40. The summed E-state index contributed by atoms with van der Waals surface area (Å²) < 4.78 is 25.2. The first-order chi connectivity index (χ1) is 13.3. The predicted molar refractivity (Wildman–Crippen MR) is 105 cm³/mol. The van der Waals surface area contributed by atoms with E-state index in [4.69, 9.17) is 4.84 Å². The van der Waals surface area contributed by atoms with Crippen LogP contribution in [0.2, 0.25) is 0 Å². The third kappa shape index (κ3) is 5.16. The van der Waals surface area contributed by atoms with Crippen LogP contribution in [0.15, 0.2) is 53.4 Å². The zero-order valence-corrected chi connectivity index (χ0v) is 16.7. The molecule has 0 fully saturated rings. The Morgan fingerprint density at radius 1 is 1.11 bits per heavy atom. The maximum Gasteiger partial charge on any atom is 0.264 e. The standard InChI is InChI=1S/C19H23N3O5S/c1-4-14-8-5-6-11-17(14)21-18(23)13-20-19(24)15-9-7-10-16(12-15)28(25,26)22(2)27-3/h5-12H,4,13H2,1-3H3,(H,20,24)(H,21,23). The number of carbonyl (C=O) groups is 2. The van der Waals surface area contributed by atoms with Gasteiger partial charge < -0.3 is 10.6 Å². The molecule has 0 spiro atoms. The van der Waals surface area contributed by atoms with Crippen molar-refractivity contribution in [2.45, 2.75) is 18.2 Å². The van der Waals surface area contributed by atoms with Gasteiger partial charge in [0.25, 0.3) is 15.9 Å². The molecule has 2 aromatic carbocycles. The van der Waals surface area contributed by atoms with Gasteiger partial charge in [0.05, 0.1) is 18.6 Å². The third-order valence-electron chi connectivity index (χ3n) is 4.07. The molecular weight excluding hydrogens is 382 g/mol. The molecule has 2 aromatic rings. The van der Waals surface area contributed by atoms with Crippen molar-refractivity contribution in [1.82, 2.24) is 9.79 Å². The van der Waals surface area contributed by atoms with Gasteiger partial charge in [-0.25, -0.2) is 8.42 Å². The van der Waals surface area contributed by atoms with Crippen molar-refractivity contribution < 1.29 is 22.8 Å². The molecule has 0 radical (unpaired) electrons. The van der Waals surface area contributed by atoms with Gasteiger partial charge in [0.15, 0.2) is 0 Å². The Hall–Kier alpha value is -2.75. The van der Waals surface area contributed by atoms with Gasteiger partial charge in [-0.15, -0.1) is 0 Å². The Morgan fingerprint density at radius 3 is 2.50 bits per heavy atom. The van der Waals surface area contributed by atoms with Crippen molar-refractivity contribution in [3.63, 3.8) is 0 Å². The van der Waals surface area contributed by atoms with Crippen LogP contribution < -0.4 is 10.6 Å². The molecule has 9 heteroatoms. The number of anilines is 1. The second-order valence-electron chi connectivity index (χ2n) is 5.87. The van der Waals surface area contributed by atoms with Crippen molar-refractivity contribution in [1.29, 1.82) is 0 Å². The van der Waals surface area contributed by atoms with E-state index < -0.39 is 15.9 Å². The Labute approximate surface area is 164 Å². The SMILES string of the molecule is CCc1ccccc1NC(=O)CNC(=O)c1cccc(S(=O)(=O)N(C)OC)c1. The number of para-hydroxylation sites is 1. The molecule has 0 aromatic heterocycles. The minimum Gasteiger partial charge on any atom is -0.343 e. The summed E-state index contributed by atoms with van der Waals surface area (Å²) in [5, 5.41) is 5.24. The first-order valence-corrected chi connectivity index (χ1v) is 10.0. The van der Waals surface area contributed by atoms with Crippen molar-refractivity contribution in [2.75, 3.05) is 26.0 Å². The minimum atomic E-state index is -3.87. The van der Waals surface area contributed by atoms with E-state index in [0.29, 0.717) is 10.2 Å². The number of carbonyl (C=O) groups excluding carboxylic acids is 2. The van der Waals surface area contributed by atoms with E-state index in [-0.39, 0.29) is 22.9 Å². The van der Waals surface area contributed by atoms with Crippen molar-refractivity contribution in [3.8, 4) is 0 Å². The lowest BCUT2D eigenvalue weighted by Gasteiger charge is -2.14. The van der Waals surface area contributed by atoms with E-state index in [9.17, 15) is 18.0 Å². The summed E-state index contributed by atoms with van der Waals surface area (Å²) in [4.78, 5) is 29.1. The number of aryl methyl sites for hydroxylation is 1. The summed E-state index contributed by atoms with van der Waals surface area (Å²) in [5.41, 5.74) is 1.80. The number of hydroxylamine groups is 1. The predicted octanol–water partition coefficient (Wildman–Crippen LogP) is 1.80. The van der Waals surface area contributed by atoms with Crippen LogP contribution >= 0.6 is 0 Å². The Kier molecular flexibility index (Phi) is 7.27. The minimum absolute atomic E-state index is 0.0918. The second-order valence-corrected chi connectivity index (χ2v) is 7.80. The number of benzene rings is 2. The van der Waals surface area contributed by atoms with Gasteiger partial charge in [-0.1, -0.05) is 35.7 Å².